The van der Waals surface area contributed by atoms with Gasteiger partial charge in [-0.05, 0) is 35.9 Å². The molecule has 1 atom stereocenters. The Morgan fingerprint density at radius 1 is 1.03 bits per heavy atom. The van der Waals surface area contributed by atoms with Gasteiger partial charge in [0.2, 0.25) is 5.54 Å². The van der Waals surface area contributed by atoms with Gasteiger partial charge in [0, 0.05) is 17.7 Å². The number of carbonyl (C=O) groups excluding carboxylic acids is 5. The van der Waals surface area contributed by atoms with Crippen molar-refractivity contribution >= 4 is 35.2 Å². The standard InChI is InChI=1S/C23H16N4O6/c1-33-14-4-3-13-10-27(20(30)15(13)9-14)11-23(21(31)25-22(32)26-23)7-6-12-2-5-17-16(8-12)18(28)19(29)24-17/h2-5,8-9H,10-11H2,1H3,(H,24,28,29)(H2,25,26,31,32)/t23-/m1/s1. The van der Waals surface area contributed by atoms with Crippen LogP contribution in [0.5, 0.6) is 5.75 Å². The Balaban J connectivity index is 1.46. The van der Waals surface area contributed by atoms with Gasteiger partial charge in [-0.3, -0.25) is 24.5 Å². The molecule has 3 aliphatic rings. The quantitative estimate of drug-likeness (QED) is 0.357. The first kappa shape index (κ1) is 20.3. The van der Waals surface area contributed by atoms with Crippen LogP contribution in [-0.4, -0.2) is 53.6 Å². The van der Waals surface area contributed by atoms with E-state index in [0.29, 0.717) is 22.6 Å². The number of benzene rings is 2. The van der Waals surface area contributed by atoms with Crippen molar-refractivity contribution in [1.82, 2.24) is 15.5 Å². The maximum atomic E-state index is 13.0. The summed E-state index contributed by atoms with van der Waals surface area (Å²) < 4.78 is 5.18. The number of urea groups is 1. The van der Waals surface area contributed by atoms with Crippen molar-refractivity contribution in [3.63, 3.8) is 0 Å². The molecule has 2 aromatic carbocycles. The number of ketones is 1. The number of hydrogen-bond donors (Lipinski definition) is 3. The van der Waals surface area contributed by atoms with Gasteiger partial charge in [0.1, 0.15) is 5.75 Å². The van der Waals surface area contributed by atoms with Crippen molar-refractivity contribution in [2.45, 2.75) is 12.1 Å². The van der Waals surface area contributed by atoms with E-state index in [1.54, 1.807) is 24.3 Å². The number of nitrogens with one attached hydrogen (secondary N) is 3. The van der Waals surface area contributed by atoms with E-state index in [0.717, 1.165) is 5.56 Å². The third-order valence-electron chi connectivity index (χ3n) is 5.70. The smallest absolute Gasteiger partial charge is 0.323 e. The van der Waals surface area contributed by atoms with Gasteiger partial charge in [0.15, 0.2) is 0 Å². The molecule has 3 N–H and O–H groups in total. The summed E-state index contributed by atoms with van der Waals surface area (Å²) in [7, 11) is 1.50. The zero-order chi connectivity index (χ0) is 23.3. The summed E-state index contributed by atoms with van der Waals surface area (Å²) in [5.41, 5.74) is 0.468. The molecule has 0 saturated carbocycles. The lowest BCUT2D eigenvalue weighted by atomic mass is 9.98. The fourth-order valence-corrected chi connectivity index (χ4v) is 4.01. The van der Waals surface area contributed by atoms with Crippen molar-refractivity contribution in [1.29, 1.82) is 0 Å². The number of amides is 5. The van der Waals surface area contributed by atoms with Gasteiger partial charge in [0.05, 0.1) is 24.9 Å². The third-order valence-corrected chi connectivity index (χ3v) is 5.70. The monoisotopic (exact) mass is 444 g/mol. The average Bonchev–Trinajstić information content (AvgIpc) is 3.37. The Morgan fingerprint density at radius 2 is 1.85 bits per heavy atom. The van der Waals surface area contributed by atoms with E-state index in [9.17, 15) is 24.0 Å². The number of fused-ring (bicyclic) bond motifs is 2. The fourth-order valence-electron chi connectivity index (χ4n) is 4.01. The molecule has 0 unspecified atom stereocenters. The molecule has 10 nitrogen and oxygen atoms in total. The zero-order valence-corrected chi connectivity index (χ0v) is 17.3. The highest BCUT2D eigenvalue weighted by Crippen LogP contribution is 2.29. The molecule has 5 amide bonds. The number of Topliss-reactive ketones (excluding diaryl/α,β-unsaturated/α-hetero) is 1. The van der Waals surface area contributed by atoms with Gasteiger partial charge in [-0.15, -0.1) is 0 Å². The third kappa shape index (κ3) is 3.27. The minimum Gasteiger partial charge on any atom is -0.497 e. The molecule has 164 valence electrons. The Kier molecular flexibility index (Phi) is 4.42. The van der Waals surface area contributed by atoms with Crippen molar-refractivity contribution in [3.8, 4) is 17.6 Å². The lowest BCUT2D eigenvalue weighted by Crippen LogP contribution is -2.54. The highest BCUT2D eigenvalue weighted by atomic mass is 16.5. The summed E-state index contributed by atoms with van der Waals surface area (Å²) in [6.07, 6.45) is 0. The van der Waals surface area contributed by atoms with Crippen LogP contribution in [0.2, 0.25) is 0 Å². The summed E-state index contributed by atoms with van der Waals surface area (Å²) in [6.45, 7) is 0.0587. The molecule has 2 aromatic rings. The molecule has 0 spiro atoms. The minimum atomic E-state index is -1.68. The molecule has 0 aromatic heterocycles. The van der Waals surface area contributed by atoms with Gasteiger partial charge in [-0.1, -0.05) is 17.9 Å². The van der Waals surface area contributed by atoms with Gasteiger partial charge in [-0.2, -0.15) is 0 Å². The fraction of sp³-hybridized carbons (Fsp3) is 0.174. The topological polar surface area (TPSA) is 134 Å². The number of methoxy groups -OCH3 is 1. The molecule has 1 saturated heterocycles. The molecule has 10 heteroatoms. The molecule has 3 aliphatic heterocycles. The number of nitrogens with zero attached hydrogens (tertiary/aromatic N) is 1. The van der Waals surface area contributed by atoms with Gasteiger partial charge < -0.3 is 20.3 Å². The van der Waals surface area contributed by atoms with E-state index in [4.69, 9.17) is 4.74 Å². The zero-order valence-electron chi connectivity index (χ0n) is 17.3. The predicted molar refractivity (Wildman–Crippen MR) is 113 cm³/mol. The second-order valence-corrected chi connectivity index (χ2v) is 7.79. The summed E-state index contributed by atoms with van der Waals surface area (Å²) in [6, 6.07) is 8.97. The summed E-state index contributed by atoms with van der Waals surface area (Å²) in [5.74, 6) is 3.71. The number of carbonyl (C=O) groups is 5. The highest BCUT2D eigenvalue weighted by molar-refractivity contribution is 6.51. The van der Waals surface area contributed by atoms with Crippen LogP contribution >= 0.6 is 0 Å². The lowest BCUT2D eigenvalue weighted by molar-refractivity contribution is -0.122. The van der Waals surface area contributed by atoms with Crippen molar-refractivity contribution in [2.24, 2.45) is 0 Å². The first-order valence-corrected chi connectivity index (χ1v) is 9.92. The molecule has 33 heavy (non-hydrogen) atoms. The van der Waals surface area contributed by atoms with Crippen molar-refractivity contribution in [2.75, 3.05) is 19.0 Å². The van der Waals surface area contributed by atoms with Crippen LogP contribution in [-0.2, 0) is 16.1 Å². The molecular formula is C23H16N4O6. The minimum absolute atomic E-state index is 0.180. The molecule has 3 heterocycles. The average molecular weight is 444 g/mol. The molecule has 0 aliphatic carbocycles. The molecular weight excluding hydrogens is 428 g/mol. The Labute approximate surface area is 187 Å². The number of hydrogen-bond acceptors (Lipinski definition) is 6. The number of anilines is 1. The van der Waals surface area contributed by atoms with Crippen molar-refractivity contribution in [3.05, 3.63) is 58.7 Å². The first-order chi connectivity index (χ1) is 15.8. The lowest BCUT2D eigenvalue weighted by Gasteiger charge is -2.26. The highest BCUT2D eigenvalue weighted by Gasteiger charge is 2.48. The summed E-state index contributed by atoms with van der Waals surface area (Å²) in [5, 5.41) is 7.15. The maximum Gasteiger partial charge on any atom is 0.323 e. The Hall–Kier alpha value is -4.65. The maximum absolute atomic E-state index is 13.0. The van der Waals surface area contributed by atoms with E-state index in [1.165, 1.54) is 24.1 Å². The van der Waals surface area contributed by atoms with E-state index in [2.05, 4.69) is 27.8 Å². The Morgan fingerprint density at radius 3 is 2.58 bits per heavy atom. The first-order valence-electron chi connectivity index (χ1n) is 9.92. The summed E-state index contributed by atoms with van der Waals surface area (Å²) in [4.78, 5) is 62.6. The van der Waals surface area contributed by atoms with Gasteiger partial charge >= 0.3 is 6.03 Å². The van der Waals surface area contributed by atoms with Crippen molar-refractivity contribution < 1.29 is 28.7 Å². The predicted octanol–water partition coefficient (Wildman–Crippen LogP) is 0.416. The van der Waals surface area contributed by atoms with Crippen LogP contribution in [0.1, 0.15) is 31.8 Å². The van der Waals surface area contributed by atoms with Crippen LogP contribution in [0.25, 0.3) is 0 Å². The van der Waals surface area contributed by atoms with Crippen LogP contribution in [0.4, 0.5) is 10.5 Å². The SMILES string of the molecule is COc1ccc2c(c1)C(=O)N(C[C@@]1(C#Cc3ccc4c(c3)C(=O)C(=O)N4)NC(=O)NC1=O)C2. The van der Waals surface area contributed by atoms with Crippen LogP contribution in [0.15, 0.2) is 36.4 Å². The second kappa shape index (κ2) is 7.20. The number of ether oxygens (including phenoxy) is 1. The summed E-state index contributed by atoms with van der Waals surface area (Å²) >= 11 is 0. The Bertz CT molecular complexity index is 1350. The molecule has 0 radical (unpaired) electrons. The second-order valence-electron chi connectivity index (χ2n) is 7.79. The van der Waals surface area contributed by atoms with Gasteiger partial charge in [0.25, 0.3) is 23.5 Å². The number of imide groups is 1. The van der Waals surface area contributed by atoms with E-state index >= 15 is 0 Å². The van der Waals surface area contributed by atoms with E-state index in [-0.39, 0.29) is 24.6 Å². The number of rotatable bonds is 3. The van der Waals surface area contributed by atoms with Gasteiger partial charge in [-0.25, -0.2) is 4.79 Å². The molecule has 1 fully saturated rings. The van der Waals surface area contributed by atoms with Crippen LogP contribution < -0.4 is 20.7 Å². The van der Waals surface area contributed by atoms with Crippen LogP contribution in [0, 0.1) is 11.8 Å². The molecule has 5 rings (SSSR count). The van der Waals surface area contributed by atoms with E-state index in [1.807, 2.05) is 0 Å². The van der Waals surface area contributed by atoms with E-state index < -0.39 is 29.2 Å². The normalized spacial score (nSPS) is 20.5. The largest absolute Gasteiger partial charge is 0.497 e. The molecule has 0 bridgehead atoms. The van der Waals surface area contributed by atoms with Crippen LogP contribution in [0.3, 0.4) is 0 Å².